The van der Waals surface area contributed by atoms with Crippen molar-refractivity contribution in [3.05, 3.63) is 76.5 Å². The molecule has 1 aromatic carbocycles. The highest BCUT2D eigenvalue weighted by Crippen LogP contribution is 2.18. The molecule has 1 aliphatic rings. The van der Waals surface area contributed by atoms with Gasteiger partial charge < -0.3 is 24.3 Å². The standard InChI is InChI=1S/C24H29N5O4/c1-32-17-5-12-25-24(31)21-9-8-20(33-21)18-29-23(30)11-10-22(26-29)28-15-13-27(14-16-28)19-6-3-2-4-7-19/h2-4,6-11H,5,12-18H2,1H3,(H,25,31). The number of benzene rings is 1. The Labute approximate surface area is 192 Å². The summed E-state index contributed by atoms with van der Waals surface area (Å²) < 4.78 is 12.0. The lowest BCUT2D eigenvalue weighted by atomic mass is 10.2. The normalized spacial score (nSPS) is 13.8. The Morgan fingerprint density at radius 1 is 1.03 bits per heavy atom. The van der Waals surface area contributed by atoms with E-state index in [1.807, 2.05) is 18.2 Å². The Bertz CT molecular complexity index is 1100. The van der Waals surface area contributed by atoms with Gasteiger partial charge in [-0.2, -0.15) is 5.10 Å². The van der Waals surface area contributed by atoms with Gasteiger partial charge in [-0.05, 0) is 36.8 Å². The summed E-state index contributed by atoms with van der Waals surface area (Å²) in [6, 6.07) is 16.9. The van der Waals surface area contributed by atoms with Crippen LogP contribution in [0.5, 0.6) is 0 Å². The van der Waals surface area contributed by atoms with Crippen molar-refractivity contribution in [2.75, 3.05) is 56.2 Å². The average molecular weight is 452 g/mol. The van der Waals surface area contributed by atoms with Gasteiger partial charge in [0.05, 0.1) is 0 Å². The number of rotatable bonds is 9. The van der Waals surface area contributed by atoms with Crippen LogP contribution in [-0.4, -0.2) is 62.1 Å². The Hall–Kier alpha value is -3.59. The van der Waals surface area contributed by atoms with Crippen LogP contribution in [0.1, 0.15) is 22.7 Å². The molecular formula is C24H29N5O4. The van der Waals surface area contributed by atoms with Gasteiger partial charge in [0, 0.05) is 58.2 Å². The van der Waals surface area contributed by atoms with Gasteiger partial charge in [-0.15, -0.1) is 0 Å². The first kappa shape index (κ1) is 22.6. The van der Waals surface area contributed by atoms with E-state index in [1.54, 1.807) is 25.3 Å². The molecule has 0 aliphatic carbocycles. The number of furan rings is 1. The number of hydrogen-bond acceptors (Lipinski definition) is 7. The number of piperazine rings is 1. The number of hydrogen-bond donors (Lipinski definition) is 1. The second-order valence-electron chi connectivity index (χ2n) is 7.87. The van der Waals surface area contributed by atoms with Crippen molar-refractivity contribution in [2.24, 2.45) is 0 Å². The van der Waals surface area contributed by atoms with Gasteiger partial charge in [-0.3, -0.25) is 9.59 Å². The molecule has 2 aromatic heterocycles. The molecule has 4 rings (SSSR count). The molecule has 33 heavy (non-hydrogen) atoms. The van der Waals surface area contributed by atoms with Gasteiger partial charge in [-0.1, -0.05) is 18.2 Å². The maximum atomic E-state index is 12.4. The summed E-state index contributed by atoms with van der Waals surface area (Å²) >= 11 is 0. The smallest absolute Gasteiger partial charge is 0.286 e. The molecular weight excluding hydrogens is 422 g/mol. The molecule has 1 saturated heterocycles. The van der Waals surface area contributed by atoms with Crippen molar-refractivity contribution in [2.45, 2.75) is 13.0 Å². The van der Waals surface area contributed by atoms with Crippen LogP contribution < -0.4 is 20.7 Å². The van der Waals surface area contributed by atoms with Crippen molar-refractivity contribution in [1.82, 2.24) is 15.1 Å². The summed E-state index contributed by atoms with van der Waals surface area (Å²) in [6.45, 7) is 4.63. The summed E-state index contributed by atoms with van der Waals surface area (Å²) in [5, 5.41) is 7.33. The Morgan fingerprint density at radius 2 is 1.79 bits per heavy atom. The molecule has 9 nitrogen and oxygen atoms in total. The third-order valence-electron chi connectivity index (χ3n) is 5.58. The first-order valence-corrected chi connectivity index (χ1v) is 11.1. The van der Waals surface area contributed by atoms with Crippen LogP contribution in [0.3, 0.4) is 0 Å². The fourth-order valence-electron chi connectivity index (χ4n) is 3.79. The van der Waals surface area contributed by atoms with E-state index < -0.39 is 0 Å². The molecule has 174 valence electrons. The van der Waals surface area contributed by atoms with Crippen molar-refractivity contribution in [3.63, 3.8) is 0 Å². The van der Waals surface area contributed by atoms with Gasteiger partial charge in [0.2, 0.25) is 0 Å². The number of ether oxygens (including phenoxy) is 1. The highest BCUT2D eigenvalue weighted by atomic mass is 16.5. The van der Waals surface area contributed by atoms with E-state index in [4.69, 9.17) is 9.15 Å². The molecule has 0 bridgehead atoms. The van der Waals surface area contributed by atoms with Crippen molar-refractivity contribution in [1.29, 1.82) is 0 Å². The average Bonchev–Trinajstić information content (AvgIpc) is 3.32. The molecule has 1 aliphatic heterocycles. The van der Waals surface area contributed by atoms with Crippen LogP contribution in [0.2, 0.25) is 0 Å². The maximum Gasteiger partial charge on any atom is 0.286 e. The van der Waals surface area contributed by atoms with E-state index in [9.17, 15) is 9.59 Å². The van der Waals surface area contributed by atoms with Gasteiger partial charge >= 0.3 is 0 Å². The van der Waals surface area contributed by atoms with Crippen molar-refractivity contribution < 1.29 is 13.9 Å². The van der Waals surface area contributed by atoms with E-state index in [0.29, 0.717) is 18.9 Å². The fraction of sp³-hybridized carbons (Fsp3) is 0.375. The maximum absolute atomic E-state index is 12.4. The molecule has 0 spiro atoms. The third-order valence-corrected chi connectivity index (χ3v) is 5.58. The predicted molar refractivity (Wildman–Crippen MR) is 126 cm³/mol. The fourth-order valence-corrected chi connectivity index (χ4v) is 3.79. The predicted octanol–water partition coefficient (Wildman–Crippen LogP) is 1.98. The third kappa shape index (κ3) is 5.81. The number of aromatic nitrogens is 2. The Balaban J connectivity index is 1.37. The number of anilines is 2. The number of carbonyl (C=O) groups is 1. The van der Waals surface area contributed by atoms with Crippen LogP contribution in [0.25, 0.3) is 0 Å². The zero-order valence-corrected chi connectivity index (χ0v) is 18.8. The molecule has 3 aromatic rings. The minimum atomic E-state index is -0.289. The van der Waals surface area contributed by atoms with E-state index in [-0.39, 0.29) is 23.8 Å². The first-order valence-electron chi connectivity index (χ1n) is 11.1. The monoisotopic (exact) mass is 451 g/mol. The summed E-state index contributed by atoms with van der Waals surface area (Å²) in [4.78, 5) is 29.1. The second-order valence-corrected chi connectivity index (χ2v) is 7.87. The zero-order valence-electron chi connectivity index (χ0n) is 18.8. The largest absolute Gasteiger partial charge is 0.454 e. The summed E-state index contributed by atoms with van der Waals surface area (Å²) in [5.74, 6) is 1.18. The summed E-state index contributed by atoms with van der Waals surface area (Å²) in [6.07, 6.45) is 0.724. The van der Waals surface area contributed by atoms with Crippen LogP contribution in [0, 0.1) is 0 Å². The summed E-state index contributed by atoms with van der Waals surface area (Å²) in [7, 11) is 1.62. The minimum absolute atomic E-state index is 0.160. The van der Waals surface area contributed by atoms with Crippen LogP contribution in [0.4, 0.5) is 11.5 Å². The van der Waals surface area contributed by atoms with E-state index >= 15 is 0 Å². The lowest BCUT2D eigenvalue weighted by molar-refractivity contribution is 0.0919. The molecule has 1 N–H and O–H groups in total. The molecule has 0 radical (unpaired) electrons. The molecule has 9 heteroatoms. The number of nitrogens with one attached hydrogen (secondary N) is 1. The van der Waals surface area contributed by atoms with Gasteiger partial charge in [-0.25, -0.2) is 4.68 Å². The summed E-state index contributed by atoms with van der Waals surface area (Å²) in [5.41, 5.74) is 0.995. The zero-order chi connectivity index (χ0) is 23.0. The van der Waals surface area contributed by atoms with Gasteiger partial charge in [0.1, 0.15) is 18.1 Å². The number of amides is 1. The number of nitrogens with zero attached hydrogens (tertiary/aromatic N) is 4. The van der Waals surface area contributed by atoms with Gasteiger partial charge in [0.15, 0.2) is 5.76 Å². The molecule has 1 amide bonds. The van der Waals surface area contributed by atoms with Crippen molar-refractivity contribution in [3.8, 4) is 0 Å². The SMILES string of the molecule is COCCCNC(=O)c1ccc(Cn2nc(N3CCN(c4ccccc4)CC3)ccc2=O)o1. The number of methoxy groups -OCH3 is 1. The van der Waals surface area contributed by atoms with Gasteiger partial charge in [0.25, 0.3) is 11.5 Å². The quantitative estimate of drug-likeness (QED) is 0.497. The van der Waals surface area contributed by atoms with E-state index in [1.165, 1.54) is 16.4 Å². The molecule has 0 atom stereocenters. The van der Waals surface area contributed by atoms with Crippen LogP contribution >= 0.6 is 0 Å². The highest BCUT2D eigenvalue weighted by Gasteiger charge is 2.19. The lowest BCUT2D eigenvalue weighted by Gasteiger charge is -2.36. The topological polar surface area (TPSA) is 92.8 Å². The molecule has 1 fully saturated rings. The molecule has 0 unspecified atom stereocenters. The number of para-hydroxylation sites is 1. The second kappa shape index (κ2) is 10.8. The van der Waals surface area contributed by atoms with Crippen LogP contribution in [-0.2, 0) is 11.3 Å². The molecule has 0 saturated carbocycles. The first-order chi connectivity index (χ1) is 16.1. The van der Waals surface area contributed by atoms with Crippen molar-refractivity contribution >= 4 is 17.4 Å². The van der Waals surface area contributed by atoms with E-state index in [0.717, 1.165) is 38.4 Å². The van der Waals surface area contributed by atoms with Crippen LogP contribution in [0.15, 0.2) is 63.8 Å². The Kier molecular flexibility index (Phi) is 7.41. The Morgan fingerprint density at radius 3 is 2.55 bits per heavy atom. The van der Waals surface area contributed by atoms with E-state index in [2.05, 4.69) is 32.3 Å². The lowest BCUT2D eigenvalue weighted by Crippen LogP contribution is -2.47. The minimum Gasteiger partial charge on any atom is -0.454 e. The number of carbonyl (C=O) groups excluding carboxylic acids is 1. The highest BCUT2D eigenvalue weighted by molar-refractivity contribution is 5.91. The molecule has 3 heterocycles.